The topological polar surface area (TPSA) is 76.0 Å². The Kier molecular flexibility index (Phi) is 7.00. The monoisotopic (exact) mass is 542 g/mol. The second-order valence-electron chi connectivity index (χ2n) is 13.3. The highest BCUT2D eigenvalue weighted by atomic mass is 16.7. The molecule has 0 amide bonds. The summed E-state index contributed by atoms with van der Waals surface area (Å²) in [6, 6.07) is 15.2. The maximum absolute atomic E-state index is 12.1. The first-order chi connectivity index (χ1) is 19.5. The van der Waals surface area contributed by atoms with Gasteiger partial charge in [-0.3, -0.25) is 0 Å². The van der Waals surface area contributed by atoms with Crippen LogP contribution in [0.25, 0.3) is 11.1 Å². The molecule has 0 aromatic heterocycles. The lowest BCUT2D eigenvalue weighted by atomic mass is 9.50. The van der Waals surface area contributed by atoms with Crippen molar-refractivity contribution in [1.82, 2.24) is 0 Å². The number of carboxylic acids is 1. The van der Waals surface area contributed by atoms with Crippen LogP contribution in [-0.2, 0) is 20.7 Å². The third kappa shape index (κ3) is 4.69. The average Bonchev–Trinajstić information content (AvgIpc) is 3.39. The third-order valence-corrected chi connectivity index (χ3v) is 11.2. The summed E-state index contributed by atoms with van der Waals surface area (Å²) in [4.78, 5) is 12.1. The van der Waals surface area contributed by atoms with E-state index in [2.05, 4.69) is 42.5 Å². The van der Waals surface area contributed by atoms with Crippen LogP contribution in [0, 0.1) is 29.1 Å². The molecule has 5 aliphatic rings. The highest BCUT2D eigenvalue weighted by molar-refractivity contribution is 5.84. The van der Waals surface area contributed by atoms with E-state index in [-0.39, 0.29) is 17.1 Å². The molecule has 3 bridgehead atoms. The van der Waals surface area contributed by atoms with Gasteiger partial charge in [-0.05, 0) is 108 Å². The third-order valence-electron chi connectivity index (χ3n) is 11.2. The molecule has 212 valence electrons. The van der Waals surface area contributed by atoms with Gasteiger partial charge < -0.3 is 19.7 Å². The molecule has 5 heteroatoms. The van der Waals surface area contributed by atoms with Gasteiger partial charge in [0.1, 0.15) is 0 Å². The lowest BCUT2D eigenvalue weighted by Crippen LogP contribution is -2.49. The molecule has 0 saturated heterocycles. The second-order valence-corrected chi connectivity index (χ2v) is 13.3. The Morgan fingerprint density at radius 1 is 1.00 bits per heavy atom. The Bertz CT molecular complexity index is 1300. The Morgan fingerprint density at radius 3 is 2.75 bits per heavy atom. The predicted octanol–water partition coefficient (Wildman–Crippen LogP) is 7.07. The van der Waals surface area contributed by atoms with E-state index >= 15 is 0 Å². The lowest BCUT2D eigenvalue weighted by Gasteiger charge is -2.56. The number of fused-ring (bicyclic) bond motifs is 7. The molecule has 5 unspecified atom stereocenters. The molecule has 3 saturated carbocycles. The molecule has 1 aliphatic heterocycles. The summed E-state index contributed by atoms with van der Waals surface area (Å²) < 4.78 is 12.5. The highest BCUT2D eigenvalue weighted by Gasteiger charge is 2.52. The van der Waals surface area contributed by atoms with Gasteiger partial charge in [-0.1, -0.05) is 61.7 Å². The number of ether oxygens (including phenoxy) is 2. The largest absolute Gasteiger partial charge is 0.475 e. The van der Waals surface area contributed by atoms with Crippen LogP contribution in [0.3, 0.4) is 0 Å². The molecule has 2 N–H and O–H groups in total. The summed E-state index contributed by atoms with van der Waals surface area (Å²) in [5.41, 5.74) is 6.61. The average molecular weight is 543 g/mol. The van der Waals surface area contributed by atoms with Crippen molar-refractivity contribution in [3.05, 3.63) is 71.0 Å². The normalized spacial score (nSPS) is 34.5. The van der Waals surface area contributed by atoms with E-state index in [1.807, 2.05) is 0 Å². The fraction of sp³-hybridized carbons (Fsp3) is 0.571. The maximum atomic E-state index is 12.1. The van der Waals surface area contributed by atoms with Crippen LogP contribution >= 0.6 is 0 Å². The summed E-state index contributed by atoms with van der Waals surface area (Å²) in [6.45, 7) is 0.919. The zero-order chi connectivity index (χ0) is 27.3. The number of hydrogen-bond donors (Lipinski definition) is 2. The summed E-state index contributed by atoms with van der Waals surface area (Å²) in [5.74, 6) is 1.16. The van der Waals surface area contributed by atoms with Crippen molar-refractivity contribution in [2.45, 2.75) is 82.8 Å². The summed E-state index contributed by atoms with van der Waals surface area (Å²) in [6.07, 6.45) is 13.9. The van der Waals surface area contributed by atoms with E-state index in [4.69, 9.17) is 9.47 Å². The number of aliphatic hydroxyl groups is 1. The summed E-state index contributed by atoms with van der Waals surface area (Å²) >= 11 is 0. The van der Waals surface area contributed by atoms with Gasteiger partial charge in [0.25, 0.3) is 0 Å². The zero-order valence-electron chi connectivity index (χ0n) is 23.4. The van der Waals surface area contributed by atoms with Gasteiger partial charge in [-0.15, -0.1) is 0 Å². The predicted molar refractivity (Wildman–Crippen MR) is 154 cm³/mol. The molecule has 1 spiro atoms. The van der Waals surface area contributed by atoms with Crippen LogP contribution in [0.5, 0.6) is 0 Å². The second kappa shape index (κ2) is 10.6. The van der Waals surface area contributed by atoms with Crippen molar-refractivity contribution in [3.8, 4) is 11.1 Å². The van der Waals surface area contributed by atoms with Gasteiger partial charge in [-0.2, -0.15) is 0 Å². The number of carbonyl (C=O) groups is 1. The van der Waals surface area contributed by atoms with Gasteiger partial charge >= 0.3 is 5.97 Å². The van der Waals surface area contributed by atoms with E-state index in [0.29, 0.717) is 37.4 Å². The minimum absolute atomic E-state index is 0.00294. The van der Waals surface area contributed by atoms with Gasteiger partial charge in [0.05, 0.1) is 6.61 Å². The molecule has 4 aliphatic carbocycles. The zero-order valence-corrected chi connectivity index (χ0v) is 23.4. The molecule has 7 atom stereocenters. The van der Waals surface area contributed by atoms with Crippen LogP contribution in [0.15, 0.2) is 54.3 Å². The molecule has 5 nitrogen and oxygen atoms in total. The molecule has 40 heavy (non-hydrogen) atoms. The molecular formula is C35H42O5. The molecule has 2 aromatic carbocycles. The van der Waals surface area contributed by atoms with Crippen LogP contribution in [-0.4, -0.2) is 35.7 Å². The molecule has 3 fully saturated rings. The number of carboxylic acid groups (broad SMARTS) is 1. The van der Waals surface area contributed by atoms with Gasteiger partial charge in [0, 0.05) is 18.9 Å². The van der Waals surface area contributed by atoms with E-state index < -0.39 is 12.3 Å². The van der Waals surface area contributed by atoms with Crippen LogP contribution in [0.1, 0.15) is 86.8 Å². The van der Waals surface area contributed by atoms with Crippen molar-refractivity contribution >= 4 is 5.97 Å². The number of hydrogen-bond acceptors (Lipinski definition) is 4. The van der Waals surface area contributed by atoms with Crippen LogP contribution < -0.4 is 0 Å². The van der Waals surface area contributed by atoms with Crippen LogP contribution in [0.2, 0.25) is 0 Å². The summed E-state index contributed by atoms with van der Waals surface area (Å²) in [5, 5.41) is 20.2. The van der Waals surface area contributed by atoms with E-state index in [9.17, 15) is 15.0 Å². The minimum atomic E-state index is -1.03. The van der Waals surface area contributed by atoms with Crippen molar-refractivity contribution in [2.75, 3.05) is 13.2 Å². The minimum Gasteiger partial charge on any atom is -0.475 e. The van der Waals surface area contributed by atoms with E-state index in [1.165, 1.54) is 67.2 Å². The maximum Gasteiger partial charge on any atom is 0.370 e. The van der Waals surface area contributed by atoms with Crippen molar-refractivity contribution in [1.29, 1.82) is 0 Å². The molecule has 7 rings (SSSR count). The molecule has 2 aromatic rings. The molecular weight excluding hydrogens is 500 g/mol. The summed E-state index contributed by atoms with van der Waals surface area (Å²) in [7, 11) is 0. The van der Waals surface area contributed by atoms with Crippen molar-refractivity contribution in [2.24, 2.45) is 29.1 Å². The fourth-order valence-electron chi connectivity index (χ4n) is 9.34. The van der Waals surface area contributed by atoms with E-state index in [1.54, 1.807) is 6.08 Å². The molecule has 1 heterocycles. The van der Waals surface area contributed by atoms with Gasteiger partial charge in [-0.25, -0.2) is 4.79 Å². The number of allylic oxidation sites excluding steroid dienone is 1. The molecule has 0 radical (unpaired) electrons. The SMILES string of the molecule is O=C(O)C1=C[C@@H](c2ccc3c(c2)Cc2ccccc2-3)C[C@@H](OCC2CC34CCCCCC2C(CCC3CO)C4)O1. The lowest BCUT2D eigenvalue weighted by molar-refractivity contribution is -0.171. The number of benzene rings is 2. The Morgan fingerprint density at radius 2 is 1.88 bits per heavy atom. The first kappa shape index (κ1) is 26.3. The Balaban J connectivity index is 1.09. The quantitative estimate of drug-likeness (QED) is 0.348. The standard InChI is InChI=1S/C35H42O5/c36-20-28-11-9-24-18-35(28)13-5-1-2-7-29(24)27(19-35)21-39-33-17-25(16-32(40-33)34(37)38)22-10-12-31-26(14-22)15-23-6-3-4-8-30(23)31/h3-4,6,8,10,12,14,16,24-25,27-29,33,36H,1-2,5,7,9,11,13,15,17-21H2,(H,37,38)/t24?,25-,27?,28?,29?,33+,35?/m1/s1. The van der Waals surface area contributed by atoms with Crippen molar-refractivity contribution in [3.63, 3.8) is 0 Å². The number of aliphatic hydroxyl groups excluding tert-OH is 1. The fourth-order valence-corrected chi connectivity index (χ4v) is 9.34. The van der Waals surface area contributed by atoms with Gasteiger partial charge in [0.15, 0.2) is 0 Å². The Labute approximate surface area is 237 Å². The Hall–Kier alpha value is -2.63. The number of rotatable bonds is 6. The van der Waals surface area contributed by atoms with Gasteiger partial charge in [0.2, 0.25) is 12.0 Å². The first-order valence-corrected chi connectivity index (χ1v) is 15.6. The van der Waals surface area contributed by atoms with Crippen molar-refractivity contribution < 1.29 is 24.5 Å². The first-order valence-electron chi connectivity index (χ1n) is 15.6. The highest BCUT2D eigenvalue weighted by Crippen LogP contribution is 2.60. The van der Waals surface area contributed by atoms with E-state index in [0.717, 1.165) is 30.7 Å². The smallest absolute Gasteiger partial charge is 0.370 e. The number of aliphatic carboxylic acids is 1. The van der Waals surface area contributed by atoms with Crippen LogP contribution in [0.4, 0.5) is 0 Å².